The molecule has 0 aliphatic carbocycles. The Balaban J connectivity index is 3.45. The van der Waals surface area contributed by atoms with Gasteiger partial charge in [-0.2, -0.15) is 9.97 Å². The van der Waals surface area contributed by atoms with Gasteiger partial charge in [0, 0.05) is 19.3 Å². The van der Waals surface area contributed by atoms with Crippen molar-refractivity contribution in [3.63, 3.8) is 0 Å². The molecule has 0 bridgehead atoms. The summed E-state index contributed by atoms with van der Waals surface area (Å²) in [6, 6.07) is 0. The van der Waals surface area contributed by atoms with E-state index in [2.05, 4.69) is 9.97 Å². The highest BCUT2D eigenvalue weighted by molar-refractivity contribution is 7.91. The van der Waals surface area contributed by atoms with Crippen LogP contribution in [-0.2, 0) is 9.84 Å². The normalized spacial score (nSPS) is 11.3. The van der Waals surface area contributed by atoms with Crippen molar-refractivity contribution in [3.05, 3.63) is 0 Å². The Hall–Kier alpha value is -1.57. The zero-order chi connectivity index (χ0) is 13.9. The van der Waals surface area contributed by atoms with Crippen molar-refractivity contribution in [2.24, 2.45) is 0 Å². The average molecular weight is 274 g/mol. The molecular formula is C10H18N4O3S. The predicted octanol–water partition coefficient (Wildman–Crippen LogP) is 0.317. The number of sulfone groups is 1. The van der Waals surface area contributed by atoms with E-state index in [4.69, 9.17) is 10.5 Å². The Morgan fingerprint density at radius 3 is 2.22 bits per heavy atom. The van der Waals surface area contributed by atoms with Crippen LogP contribution in [0.1, 0.15) is 13.8 Å². The fourth-order valence-corrected chi connectivity index (χ4v) is 2.44. The molecule has 0 fully saturated rings. The van der Waals surface area contributed by atoms with E-state index in [1.165, 1.54) is 7.11 Å². The zero-order valence-corrected chi connectivity index (χ0v) is 11.8. The number of rotatable bonds is 5. The molecule has 0 saturated heterocycles. The smallest absolute Gasteiger partial charge is 0.239 e. The molecule has 18 heavy (non-hydrogen) atoms. The van der Waals surface area contributed by atoms with Crippen LogP contribution in [0.4, 0.5) is 11.8 Å². The SMILES string of the molecule is CCN(CC)c1nc(N)c(S(C)(=O)=O)c(OC)n1. The molecule has 0 saturated carbocycles. The van der Waals surface area contributed by atoms with Crippen molar-refractivity contribution in [2.75, 3.05) is 37.1 Å². The predicted molar refractivity (Wildman–Crippen MR) is 69.7 cm³/mol. The summed E-state index contributed by atoms with van der Waals surface area (Å²) in [5.74, 6) is 0.250. The Kier molecular flexibility index (Phi) is 4.33. The van der Waals surface area contributed by atoms with Crippen molar-refractivity contribution >= 4 is 21.6 Å². The summed E-state index contributed by atoms with van der Waals surface area (Å²) in [6.07, 6.45) is 1.04. The minimum atomic E-state index is -3.53. The van der Waals surface area contributed by atoms with Crippen LogP contribution < -0.4 is 15.4 Å². The van der Waals surface area contributed by atoms with E-state index >= 15 is 0 Å². The van der Waals surface area contributed by atoms with Crippen molar-refractivity contribution in [1.29, 1.82) is 0 Å². The first-order valence-corrected chi connectivity index (χ1v) is 7.40. The van der Waals surface area contributed by atoms with E-state index in [0.717, 1.165) is 6.26 Å². The van der Waals surface area contributed by atoms with Gasteiger partial charge in [0.15, 0.2) is 20.6 Å². The van der Waals surface area contributed by atoms with E-state index < -0.39 is 9.84 Å². The lowest BCUT2D eigenvalue weighted by atomic mass is 10.5. The monoisotopic (exact) mass is 274 g/mol. The van der Waals surface area contributed by atoms with Gasteiger partial charge in [-0.05, 0) is 13.8 Å². The number of nitrogens with zero attached hydrogens (tertiary/aromatic N) is 3. The second-order valence-corrected chi connectivity index (χ2v) is 5.64. The third-order valence-corrected chi connectivity index (χ3v) is 3.58. The molecule has 1 heterocycles. The highest BCUT2D eigenvalue weighted by atomic mass is 32.2. The van der Waals surface area contributed by atoms with Gasteiger partial charge in [0.25, 0.3) is 0 Å². The van der Waals surface area contributed by atoms with Crippen LogP contribution in [0.2, 0.25) is 0 Å². The van der Waals surface area contributed by atoms with Gasteiger partial charge < -0.3 is 15.4 Å². The van der Waals surface area contributed by atoms with Crippen LogP contribution in [-0.4, -0.2) is 44.8 Å². The minimum absolute atomic E-state index is 0.0214. The van der Waals surface area contributed by atoms with E-state index in [9.17, 15) is 8.42 Å². The topological polar surface area (TPSA) is 98.4 Å². The molecule has 1 aromatic heterocycles. The Morgan fingerprint density at radius 1 is 1.28 bits per heavy atom. The van der Waals surface area contributed by atoms with Gasteiger partial charge in [0.2, 0.25) is 11.8 Å². The van der Waals surface area contributed by atoms with E-state index in [-0.39, 0.29) is 16.6 Å². The van der Waals surface area contributed by atoms with Crippen LogP contribution in [0.5, 0.6) is 5.88 Å². The molecule has 0 amide bonds. The van der Waals surface area contributed by atoms with Crippen molar-refractivity contribution < 1.29 is 13.2 Å². The molecule has 102 valence electrons. The van der Waals surface area contributed by atoms with Crippen LogP contribution in [0, 0.1) is 0 Å². The highest BCUT2D eigenvalue weighted by Gasteiger charge is 2.23. The summed E-state index contributed by atoms with van der Waals surface area (Å²) in [6.45, 7) is 5.27. The first-order chi connectivity index (χ1) is 8.35. The minimum Gasteiger partial charge on any atom is -0.480 e. The summed E-state index contributed by atoms with van der Waals surface area (Å²) in [5, 5.41) is 0. The highest BCUT2D eigenvalue weighted by Crippen LogP contribution is 2.28. The van der Waals surface area contributed by atoms with Gasteiger partial charge in [-0.25, -0.2) is 8.42 Å². The first-order valence-electron chi connectivity index (χ1n) is 5.51. The third-order valence-electron chi connectivity index (χ3n) is 2.46. The number of nitrogens with two attached hydrogens (primary N) is 1. The number of methoxy groups -OCH3 is 1. The number of aromatic nitrogens is 2. The molecule has 0 aliphatic rings. The van der Waals surface area contributed by atoms with Crippen LogP contribution in [0.15, 0.2) is 4.90 Å². The van der Waals surface area contributed by atoms with E-state index in [1.54, 1.807) is 0 Å². The fourth-order valence-electron chi connectivity index (χ4n) is 1.57. The van der Waals surface area contributed by atoms with Gasteiger partial charge in [0.1, 0.15) is 0 Å². The van der Waals surface area contributed by atoms with Crippen LogP contribution in [0.3, 0.4) is 0 Å². The molecule has 0 atom stereocenters. The second-order valence-electron chi connectivity index (χ2n) is 3.69. The number of nitrogen functional groups attached to an aromatic ring is 1. The maximum absolute atomic E-state index is 11.6. The molecule has 0 aromatic carbocycles. The molecule has 0 unspecified atom stereocenters. The average Bonchev–Trinajstić information content (AvgIpc) is 2.28. The summed E-state index contributed by atoms with van der Waals surface area (Å²) in [5.41, 5.74) is 5.69. The maximum atomic E-state index is 11.6. The van der Waals surface area contributed by atoms with Crippen LogP contribution >= 0.6 is 0 Å². The molecule has 1 rings (SSSR count). The molecule has 0 aliphatic heterocycles. The molecule has 0 spiro atoms. The van der Waals surface area contributed by atoms with Crippen molar-refractivity contribution in [2.45, 2.75) is 18.7 Å². The number of hydrogen-bond donors (Lipinski definition) is 1. The zero-order valence-electron chi connectivity index (χ0n) is 11.0. The quantitative estimate of drug-likeness (QED) is 0.825. The largest absolute Gasteiger partial charge is 0.480 e. The van der Waals surface area contributed by atoms with E-state index in [0.29, 0.717) is 19.0 Å². The molecule has 1 aromatic rings. The molecule has 7 nitrogen and oxygen atoms in total. The third kappa shape index (κ3) is 2.81. The molecule has 8 heteroatoms. The van der Waals surface area contributed by atoms with Crippen molar-refractivity contribution in [3.8, 4) is 5.88 Å². The molecular weight excluding hydrogens is 256 g/mol. The lowest BCUT2D eigenvalue weighted by Crippen LogP contribution is -2.25. The number of anilines is 2. The number of ether oxygens (including phenoxy) is 1. The maximum Gasteiger partial charge on any atom is 0.239 e. The lowest BCUT2D eigenvalue weighted by molar-refractivity contribution is 0.384. The van der Waals surface area contributed by atoms with Gasteiger partial charge in [-0.3, -0.25) is 0 Å². The summed E-state index contributed by atoms with van der Waals surface area (Å²) >= 11 is 0. The van der Waals surface area contributed by atoms with Crippen LogP contribution in [0.25, 0.3) is 0 Å². The van der Waals surface area contributed by atoms with E-state index in [1.807, 2.05) is 18.7 Å². The number of hydrogen-bond acceptors (Lipinski definition) is 7. The summed E-state index contributed by atoms with van der Waals surface area (Å²) in [7, 11) is -2.18. The second kappa shape index (κ2) is 5.38. The van der Waals surface area contributed by atoms with Gasteiger partial charge in [-0.15, -0.1) is 0 Å². The Labute approximate surface area is 107 Å². The summed E-state index contributed by atoms with van der Waals surface area (Å²) in [4.78, 5) is 9.80. The first kappa shape index (κ1) is 14.5. The fraction of sp³-hybridized carbons (Fsp3) is 0.600. The lowest BCUT2D eigenvalue weighted by Gasteiger charge is -2.20. The van der Waals surface area contributed by atoms with Gasteiger partial charge >= 0.3 is 0 Å². The standard InChI is InChI=1S/C10H18N4O3S/c1-5-14(6-2)10-12-8(11)7(18(4,15)16)9(13-10)17-3/h5-6H2,1-4H3,(H2,11,12,13). The molecule has 2 N–H and O–H groups in total. The van der Waals surface area contributed by atoms with Crippen molar-refractivity contribution in [1.82, 2.24) is 9.97 Å². The summed E-state index contributed by atoms with van der Waals surface area (Å²) < 4.78 is 28.2. The van der Waals surface area contributed by atoms with Gasteiger partial charge in [0.05, 0.1) is 7.11 Å². The Bertz CT molecular complexity index is 526. The van der Waals surface area contributed by atoms with Gasteiger partial charge in [-0.1, -0.05) is 0 Å². The molecule has 0 radical (unpaired) electrons. The Morgan fingerprint density at radius 2 is 1.83 bits per heavy atom.